The highest BCUT2D eigenvalue weighted by molar-refractivity contribution is 9.10. The maximum atomic E-state index is 13.6. The number of hydrogen-bond donors (Lipinski definition) is 1. The van der Waals surface area contributed by atoms with Gasteiger partial charge in [0.05, 0.1) is 27.4 Å². The van der Waals surface area contributed by atoms with Crippen LogP contribution in [-0.4, -0.2) is 4.98 Å². The van der Waals surface area contributed by atoms with Crippen LogP contribution in [0.2, 0.25) is 0 Å². The summed E-state index contributed by atoms with van der Waals surface area (Å²) in [4.78, 5) is 5.30. The van der Waals surface area contributed by atoms with E-state index >= 15 is 0 Å². The van der Waals surface area contributed by atoms with Crippen molar-refractivity contribution in [2.45, 2.75) is 20.4 Å². The summed E-state index contributed by atoms with van der Waals surface area (Å²) in [5.74, 6) is -0.974. The predicted octanol–water partition coefficient (Wildman–Crippen LogP) is 4.41. The minimum absolute atomic E-state index is 0.121. The van der Waals surface area contributed by atoms with E-state index in [0.717, 1.165) is 27.7 Å². The van der Waals surface area contributed by atoms with Gasteiger partial charge in [-0.1, -0.05) is 0 Å². The fourth-order valence-corrected chi connectivity index (χ4v) is 2.76. The number of halogens is 3. The summed E-state index contributed by atoms with van der Waals surface area (Å²) in [6.07, 6.45) is 0. The first-order valence-corrected chi connectivity index (χ1v) is 6.89. The zero-order valence-electron chi connectivity index (χ0n) is 9.85. The molecule has 0 unspecified atom stereocenters. The number of hydrogen-bond acceptors (Lipinski definition) is 3. The van der Waals surface area contributed by atoms with Crippen molar-refractivity contribution < 1.29 is 8.78 Å². The van der Waals surface area contributed by atoms with E-state index in [-0.39, 0.29) is 10.2 Å². The minimum atomic E-state index is -0.490. The zero-order chi connectivity index (χ0) is 13.3. The van der Waals surface area contributed by atoms with Gasteiger partial charge in [0.1, 0.15) is 11.6 Å². The van der Waals surface area contributed by atoms with Crippen LogP contribution in [0.15, 0.2) is 16.6 Å². The quantitative estimate of drug-likeness (QED) is 0.842. The SMILES string of the molecule is Cc1nc(C)c(CNc2cc(F)c(Br)cc2F)s1. The van der Waals surface area contributed by atoms with Crippen LogP contribution in [-0.2, 0) is 6.54 Å². The lowest BCUT2D eigenvalue weighted by atomic mass is 10.3. The lowest BCUT2D eigenvalue weighted by molar-refractivity contribution is 0.596. The third-order valence-electron chi connectivity index (χ3n) is 2.45. The third kappa shape index (κ3) is 2.87. The molecular weight excluding hydrogens is 322 g/mol. The van der Waals surface area contributed by atoms with Crippen molar-refractivity contribution in [2.75, 3.05) is 5.32 Å². The summed E-state index contributed by atoms with van der Waals surface area (Å²) >= 11 is 4.49. The molecule has 2 rings (SSSR count). The maximum absolute atomic E-state index is 13.6. The van der Waals surface area contributed by atoms with E-state index in [4.69, 9.17) is 0 Å². The van der Waals surface area contributed by atoms with Crippen LogP contribution in [0.1, 0.15) is 15.6 Å². The first-order chi connectivity index (χ1) is 8.47. The lowest BCUT2D eigenvalue weighted by Crippen LogP contribution is -2.02. The summed E-state index contributed by atoms with van der Waals surface area (Å²) in [5, 5.41) is 3.85. The van der Waals surface area contributed by atoms with E-state index in [9.17, 15) is 8.78 Å². The fraction of sp³-hybridized carbons (Fsp3) is 0.250. The van der Waals surface area contributed by atoms with Crippen molar-refractivity contribution in [1.29, 1.82) is 0 Å². The summed E-state index contributed by atoms with van der Waals surface area (Å²) in [5.41, 5.74) is 1.07. The van der Waals surface area contributed by atoms with E-state index in [1.54, 1.807) is 11.3 Å². The normalized spacial score (nSPS) is 10.7. The fourth-order valence-electron chi connectivity index (χ4n) is 1.57. The van der Waals surface area contributed by atoms with Gasteiger partial charge in [-0.3, -0.25) is 0 Å². The van der Waals surface area contributed by atoms with Gasteiger partial charge in [-0.05, 0) is 35.8 Å². The van der Waals surface area contributed by atoms with Crippen molar-refractivity contribution >= 4 is 33.0 Å². The standard InChI is InChI=1S/C12H11BrF2N2S/c1-6-12(18-7(2)17-6)5-16-11-4-9(14)8(13)3-10(11)15/h3-4,16H,5H2,1-2H3. The lowest BCUT2D eigenvalue weighted by Gasteiger charge is -2.07. The molecule has 0 fully saturated rings. The largest absolute Gasteiger partial charge is 0.378 e. The van der Waals surface area contributed by atoms with Crippen molar-refractivity contribution in [3.63, 3.8) is 0 Å². The third-order valence-corrected chi connectivity index (χ3v) is 4.13. The topological polar surface area (TPSA) is 24.9 Å². The Labute approximate surface area is 116 Å². The molecule has 6 heteroatoms. The second-order valence-corrected chi connectivity index (χ2v) is 5.98. The average molecular weight is 333 g/mol. The number of benzene rings is 1. The van der Waals surface area contributed by atoms with Crippen LogP contribution >= 0.6 is 27.3 Å². The smallest absolute Gasteiger partial charge is 0.147 e. The van der Waals surface area contributed by atoms with Crippen LogP contribution in [0.4, 0.5) is 14.5 Å². The Kier molecular flexibility index (Phi) is 3.97. The molecule has 18 heavy (non-hydrogen) atoms. The van der Waals surface area contributed by atoms with Gasteiger partial charge >= 0.3 is 0 Å². The Balaban J connectivity index is 2.15. The molecule has 2 aromatic rings. The molecule has 0 saturated heterocycles. The Morgan fingerprint density at radius 2 is 2.00 bits per heavy atom. The Morgan fingerprint density at radius 3 is 2.61 bits per heavy atom. The van der Waals surface area contributed by atoms with Gasteiger partial charge in [0, 0.05) is 10.9 Å². The van der Waals surface area contributed by atoms with Crippen molar-refractivity contribution in [2.24, 2.45) is 0 Å². The molecule has 0 aliphatic rings. The number of rotatable bonds is 3. The number of aromatic nitrogens is 1. The molecule has 0 aliphatic heterocycles. The maximum Gasteiger partial charge on any atom is 0.147 e. The predicted molar refractivity (Wildman–Crippen MR) is 73.0 cm³/mol. The van der Waals surface area contributed by atoms with Gasteiger partial charge in [-0.2, -0.15) is 0 Å². The first kappa shape index (κ1) is 13.4. The Morgan fingerprint density at radius 1 is 1.28 bits per heavy atom. The molecule has 1 heterocycles. The van der Waals surface area contributed by atoms with Crippen LogP contribution < -0.4 is 5.32 Å². The highest BCUT2D eigenvalue weighted by Gasteiger charge is 2.09. The second-order valence-electron chi connectivity index (χ2n) is 3.84. The van der Waals surface area contributed by atoms with Crippen molar-refractivity contribution in [1.82, 2.24) is 4.98 Å². The molecule has 0 bridgehead atoms. The number of anilines is 1. The molecular formula is C12H11BrF2N2S. The molecule has 0 radical (unpaired) electrons. The number of nitrogens with zero attached hydrogens (tertiary/aromatic N) is 1. The van der Waals surface area contributed by atoms with Crippen molar-refractivity contribution in [3.05, 3.63) is 43.8 Å². The summed E-state index contributed by atoms with van der Waals surface area (Å²) < 4.78 is 27.0. The van der Waals surface area contributed by atoms with Gasteiger partial charge in [0.2, 0.25) is 0 Å². The minimum Gasteiger partial charge on any atom is -0.378 e. The molecule has 0 aliphatic carbocycles. The Bertz CT molecular complexity index is 584. The Hall–Kier alpha value is -1.01. The van der Waals surface area contributed by atoms with E-state index in [1.165, 1.54) is 0 Å². The molecule has 2 nitrogen and oxygen atoms in total. The molecule has 0 spiro atoms. The highest BCUT2D eigenvalue weighted by atomic mass is 79.9. The van der Waals surface area contributed by atoms with Crippen LogP contribution in [0.3, 0.4) is 0 Å². The second kappa shape index (κ2) is 5.32. The summed E-state index contributed by atoms with van der Waals surface area (Å²) in [7, 11) is 0. The summed E-state index contributed by atoms with van der Waals surface area (Å²) in [6.45, 7) is 4.26. The van der Waals surface area contributed by atoms with Gasteiger partial charge in [-0.25, -0.2) is 13.8 Å². The number of nitrogens with one attached hydrogen (secondary N) is 1. The number of thiazole rings is 1. The molecule has 0 amide bonds. The van der Waals surface area contributed by atoms with Gasteiger partial charge in [0.25, 0.3) is 0 Å². The molecule has 0 saturated carbocycles. The van der Waals surface area contributed by atoms with Crippen LogP contribution in [0.25, 0.3) is 0 Å². The van der Waals surface area contributed by atoms with E-state index in [2.05, 4.69) is 26.2 Å². The monoisotopic (exact) mass is 332 g/mol. The highest BCUT2D eigenvalue weighted by Crippen LogP contribution is 2.25. The first-order valence-electron chi connectivity index (χ1n) is 5.28. The van der Waals surface area contributed by atoms with Gasteiger partial charge in [0.15, 0.2) is 0 Å². The van der Waals surface area contributed by atoms with Gasteiger partial charge in [-0.15, -0.1) is 11.3 Å². The molecule has 1 aromatic carbocycles. The van der Waals surface area contributed by atoms with Crippen LogP contribution in [0.5, 0.6) is 0 Å². The molecule has 1 N–H and O–H groups in total. The molecule has 1 aromatic heterocycles. The molecule has 96 valence electrons. The van der Waals surface area contributed by atoms with E-state index in [1.807, 2.05) is 13.8 Å². The average Bonchev–Trinajstić information content (AvgIpc) is 2.61. The van der Waals surface area contributed by atoms with E-state index < -0.39 is 11.6 Å². The zero-order valence-corrected chi connectivity index (χ0v) is 12.3. The van der Waals surface area contributed by atoms with Crippen molar-refractivity contribution in [3.8, 4) is 0 Å². The number of aryl methyl sites for hydroxylation is 2. The van der Waals surface area contributed by atoms with E-state index in [0.29, 0.717) is 6.54 Å². The van der Waals surface area contributed by atoms with Crippen LogP contribution in [0, 0.1) is 25.5 Å². The summed E-state index contributed by atoms with van der Waals surface area (Å²) in [6, 6.07) is 2.26. The van der Waals surface area contributed by atoms with Gasteiger partial charge < -0.3 is 5.32 Å². The molecule has 0 atom stereocenters.